The Hall–Kier alpha value is -1.87. The van der Waals surface area contributed by atoms with Crippen LogP contribution in [0.3, 0.4) is 0 Å². The average Bonchev–Trinajstić information content (AvgIpc) is 2.90. The van der Waals surface area contributed by atoms with Crippen molar-refractivity contribution in [2.45, 2.75) is 6.54 Å². The van der Waals surface area contributed by atoms with E-state index in [0.717, 1.165) is 10.4 Å². The van der Waals surface area contributed by atoms with Gasteiger partial charge in [-0.2, -0.15) is 0 Å². The van der Waals surface area contributed by atoms with Crippen LogP contribution in [0, 0.1) is 0 Å². The lowest BCUT2D eigenvalue weighted by Crippen LogP contribution is -2.23. The summed E-state index contributed by atoms with van der Waals surface area (Å²) < 4.78 is 0. The summed E-state index contributed by atoms with van der Waals surface area (Å²) in [6.45, 7) is 0.633. The summed E-state index contributed by atoms with van der Waals surface area (Å²) in [6.07, 6.45) is 3.48. The molecule has 2 rings (SSSR count). The van der Waals surface area contributed by atoms with Gasteiger partial charge in [-0.25, -0.2) is 0 Å². The average molecular weight is 257 g/mol. The van der Waals surface area contributed by atoms with Crippen molar-refractivity contribution in [2.75, 3.05) is 7.05 Å². The fourth-order valence-electron chi connectivity index (χ4n) is 1.60. The maximum Gasteiger partial charge on any atom is 0.246 e. The van der Waals surface area contributed by atoms with Crippen molar-refractivity contribution in [3.05, 3.63) is 64.4 Å². The predicted octanol–water partition coefficient (Wildman–Crippen LogP) is 3.42. The molecule has 2 nitrogen and oxygen atoms in total. The Kier molecular flexibility index (Phi) is 4.31. The fourth-order valence-corrected chi connectivity index (χ4v) is 2.22. The lowest BCUT2D eigenvalue weighted by Gasteiger charge is -2.14. The van der Waals surface area contributed by atoms with Crippen LogP contribution >= 0.6 is 11.3 Å². The highest BCUT2D eigenvalue weighted by Gasteiger charge is 2.05. The van der Waals surface area contributed by atoms with Crippen molar-refractivity contribution in [3.8, 4) is 0 Å². The van der Waals surface area contributed by atoms with E-state index in [-0.39, 0.29) is 5.91 Å². The SMILES string of the molecule is CN(Cc1ccccc1)C(=O)/C=C/c1cccs1. The first-order valence-electron chi connectivity index (χ1n) is 5.76. The minimum Gasteiger partial charge on any atom is -0.338 e. The van der Waals surface area contributed by atoms with Crippen molar-refractivity contribution in [2.24, 2.45) is 0 Å². The lowest BCUT2D eigenvalue weighted by molar-refractivity contribution is -0.125. The molecule has 1 aromatic carbocycles. The van der Waals surface area contributed by atoms with Gasteiger partial charge >= 0.3 is 0 Å². The summed E-state index contributed by atoms with van der Waals surface area (Å²) in [6, 6.07) is 13.9. The van der Waals surface area contributed by atoms with Gasteiger partial charge in [0.25, 0.3) is 0 Å². The lowest BCUT2D eigenvalue weighted by atomic mass is 10.2. The van der Waals surface area contributed by atoms with E-state index < -0.39 is 0 Å². The van der Waals surface area contributed by atoms with E-state index in [4.69, 9.17) is 0 Å². The normalized spacial score (nSPS) is 10.7. The largest absolute Gasteiger partial charge is 0.338 e. The molecule has 0 fully saturated rings. The second kappa shape index (κ2) is 6.17. The standard InChI is InChI=1S/C15H15NOS/c1-16(12-13-6-3-2-4-7-13)15(17)10-9-14-8-5-11-18-14/h2-11H,12H2,1H3/b10-9+. The van der Waals surface area contributed by atoms with Gasteiger partial charge in [0.15, 0.2) is 0 Å². The molecule has 0 bridgehead atoms. The van der Waals surface area contributed by atoms with E-state index in [9.17, 15) is 4.79 Å². The van der Waals surface area contributed by atoms with Crippen LogP contribution in [0.15, 0.2) is 53.9 Å². The monoisotopic (exact) mass is 257 g/mol. The maximum atomic E-state index is 11.9. The number of benzene rings is 1. The molecule has 0 atom stereocenters. The quantitative estimate of drug-likeness (QED) is 0.769. The van der Waals surface area contributed by atoms with E-state index in [1.807, 2.05) is 61.0 Å². The van der Waals surface area contributed by atoms with Crippen molar-refractivity contribution in [1.29, 1.82) is 0 Å². The fraction of sp³-hybridized carbons (Fsp3) is 0.133. The highest BCUT2D eigenvalue weighted by atomic mass is 32.1. The first-order valence-corrected chi connectivity index (χ1v) is 6.64. The summed E-state index contributed by atoms with van der Waals surface area (Å²) in [5, 5.41) is 2.00. The van der Waals surface area contributed by atoms with Crippen molar-refractivity contribution < 1.29 is 4.79 Å². The maximum absolute atomic E-state index is 11.9. The Morgan fingerprint density at radius 3 is 2.67 bits per heavy atom. The van der Waals surface area contributed by atoms with E-state index in [1.54, 1.807) is 22.3 Å². The molecule has 0 aliphatic carbocycles. The number of amides is 1. The van der Waals surface area contributed by atoms with Crippen LogP contribution in [0.1, 0.15) is 10.4 Å². The zero-order valence-corrected chi connectivity index (χ0v) is 11.1. The van der Waals surface area contributed by atoms with Crippen LogP contribution in [0.2, 0.25) is 0 Å². The van der Waals surface area contributed by atoms with Gasteiger partial charge < -0.3 is 4.90 Å². The number of likely N-dealkylation sites (N-methyl/N-ethyl adjacent to an activating group) is 1. The Balaban J connectivity index is 1.93. The van der Waals surface area contributed by atoms with Gasteiger partial charge in [-0.05, 0) is 23.1 Å². The molecule has 0 aliphatic heterocycles. The van der Waals surface area contributed by atoms with Crippen LogP contribution in [-0.4, -0.2) is 17.9 Å². The van der Waals surface area contributed by atoms with Gasteiger partial charge in [-0.15, -0.1) is 11.3 Å². The zero-order chi connectivity index (χ0) is 12.8. The number of nitrogens with zero attached hydrogens (tertiary/aromatic N) is 1. The summed E-state index contributed by atoms with van der Waals surface area (Å²) in [5.41, 5.74) is 1.14. The Morgan fingerprint density at radius 1 is 1.22 bits per heavy atom. The highest BCUT2D eigenvalue weighted by Crippen LogP contribution is 2.10. The smallest absolute Gasteiger partial charge is 0.246 e. The van der Waals surface area contributed by atoms with Crippen LogP contribution in [0.4, 0.5) is 0 Å². The molecule has 0 saturated carbocycles. The molecule has 0 unspecified atom stereocenters. The number of hydrogen-bond acceptors (Lipinski definition) is 2. The van der Waals surface area contributed by atoms with Gasteiger partial charge in [0, 0.05) is 24.5 Å². The second-order valence-corrected chi connectivity index (χ2v) is 5.01. The number of rotatable bonds is 4. The number of carbonyl (C=O) groups excluding carboxylic acids is 1. The summed E-state index contributed by atoms with van der Waals surface area (Å²) in [7, 11) is 1.81. The molecule has 3 heteroatoms. The van der Waals surface area contributed by atoms with Gasteiger partial charge in [0.1, 0.15) is 0 Å². The summed E-state index contributed by atoms with van der Waals surface area (Å²) >= 11 is 1.62. The van der Waals surface area contributed by atoms with Crippen molar-refractivity contribution >= 4 is 23.3 Å². The molecule has 0 aliphatic rings. The molecule has 0 saturated heterocycles. The Bertz CT molecular complexity index is 517. The Morgan fingerprint density at radius 2 is 2.00 bits per heavy atom. The molecule has 2 aromatic rings. The van der Waals surface area contributed by atoms with Gasteiger partial charge in [0.05, 0.1) is 0 Å². The molecule has 1 amide bonds. The topological polar surface area (TPSA) is 20.3 Å². The van der Waals surface area contributed by atoms with Gasteiger partial charge in [-0.3, -0.25) is 4.79 Å². The molecule has 0 radical (unpaired) electrons. The van der Waals surface area contributed by atoms with E-state index in [0.29, 0.717) is 6.54 Å². The van der Waals surface area contributed by atoms with E-state index >= 15 is 0 Å². The van der Waals surface area contributed by atoms with Gasteiger partial charge in [-0.1, -0.05) is 36.4 Å². The minimum atomic E-state index is 0.0206. The summed E-state index contributed by atoms with van der Waals surface area (Å²) in [4.78, 5) is 14.7. The molecule has 18 heavy (non-hydrogen) atoms. The van der Waals surface area contributed by atoms with Crippen LogP contribution in [-0.2, 0) is 11.3 Å². The molecular weight excluding hydrogens is 242 g/mol. The second-order valence-electron chi connectivity index (χ2n) is 4.03. The Labute approximate surface area is 111 Å². The van der Waals surface area contributed by atoms with E-state index in [1.165, 1.54) is 0 Å². The van der Waals surface area contributed by atoms with E-state index in [2.05, 4.69) is 0 Å². The molecule has 0 spiro atoms. The molecule has 1 heterocycles. The van der Waals surface area contributed by atoms with Crippen molar-refractivity contribution in [1.82, 2.24) is 4.90 Å². The predicted molar refractivity (Wildman–Crippen MR) is 76.3 cm³/mol. The number of carbonyl (C=O) groups is 1. The summed E-state index contributed by atoms with van der Waals surface area (Å²) in [5.74, 6) is 0.0206. The number of thiophene rings is 1. The van der Waals surface area contributed by atoms with Crippen LogP contribution < -0.4 is 0 Å². The highest BCUT2D eigenvalue weighted by molar-refractivity contribution is 7.10. The first kappa shape index (κ1) is 12.6. The third-order valence-electron chi connectivity index (χ3n) is 2.57. The minimum absolute atomic E-state index is 0.0206. The molecule has 92 valence electrons. The van der Waals surface area contributed by atoms with Crippen LogP contribution in [0.25, 0.3) is 6.08 Å². The first-order chi connectivity index (χ1) is 8.75. The molecule has 1 aromatic heterocycles. The van der Waals surface area contributed by atoms with Gasteiger partial charge in [0.2, 0.25) is 5.91 Å². The third-order valence-corrected chi connectivity index (χ3v) is 3.41. The zero-order valence-electron chi connectivity index (χ0n) is 10.2. The molecule has 0 N–H and O–H groups in total. The number of hydrogen-bond donors (Lipinski definition) is 0. The van der Waals surface area contributed by atoms with Crippen molar-refractivity contribution in [3.63, 3.8) is 0 Å². The molecular formula is C15H15NOS. The third kappa shape index (κ3) is 3.57. The van der Waals surface area contributed by atoms with Crippen LogP contribution in [0.5, 0.6) is 0 Å².